The van der Waals surface area contributed by atoms with Gasteiger partial charge in [-0.2, -0.15) is 0 Å². The van der Waals surface area contributed by atoms with Gasteiger partial charge in [-0.15, -0.1) is 0 Å². The van der Waals surface area contributed by atoms with Crippen molar-refractivity contribution in [2.75, 3.05) is 0 Å². The van der Waals surface area contributed by atoms with E-state index in [9.17, 15) is 29.4 Å². The van der Waals surface area contributed by atoms with Crippen LogP contribution in [0.1, 0.15) is 37.8 Å². The minimum Gasteiger partial charge on any atom is -0.479 e. The fourth-order valence-electron chi connectivity index (χ4n) is 5.14. The van der Waals surface area contributed by atoms with Crippen LogP contribution in [0.4, 0.5) is 0 Å². The van der Waals surface area contributed by atoms with Gasteiger partial charge in [0.1, 0.15) is 0 Å². The number of amides is 1. The van der Waals surface area contributed by atoms with Gasteiger partial charge in [0.15, 0.2) is 12.2 Å². The van der Waals surface area contributed by atoms with Crippen LogP contribution in [0.15, 0.2) is 97.1 Å². The Morgan fingerprint density at radius 1 is 0.673 bits per heavy atom. The van der Waals surface area contributed by atoms with Gasteiger partial charge in [-0.3, -0.25) is 4.79 Å². The van der Waals surface area contributed by atoms with Crippen molar-refractivity contribution in [1.29, 1.82) is 0 Å². The molecule has 0 aliphatic heterocycles. The standard InChI is InChI=1S/C22H24ClNO6.C17H18ClNO3/c1-13(2)30-22(29)20(26)24-18(12-19(25)21(27)28)10-14-6-8-15(9-7-14)16-4-3-5-17(23)11-16;18-14-3-1-2-13(9-14)12-6-4-11(5-7-12)8-15(19)10-16(20)17(21)22/h3-9,11,13,18-19,25H,10,12H2,1-2H3,(H,24,26)(H,27,28);1-7,9,15-16,20H,8,10,19H2,(H,21,22)/t18-,19-;15-,16-/m11/s1. The maximum atomic E-state index is 12.1. The molecule has 4 rings (SSSR count). The van der Waals surface area contributed by atoms with Crippen LogP contribution in [0, 0.1) is 0 Å². The van der Waals surface area contributed by atoms with Gasteiger partial charge >= 0.3 is 23.8 Å². The Labute approximate surface area is 312 Å². The van der Waals surface area contributed by atoms with E-state index in [1.54, 1.807) is 19.9 Å². The summed E-state index contributed by atoms with van der Waals surface area (Å²) in [6, 6.07) is 29.1. The first-order chi connectivity index (χ1) is 24.6. The molecule has 13 heteroatoms. The molecule has 4 atom stereocenters. The van der Waals surface area contributed by atoms with Gasteiger partial charge in [0.2, 0.25) is 0 Å². The van der Waals surface area contributed by atoms with E-state index < -0.39 is 54.2 Å². The van der Waals surface area contributed by atoms with E-state index >= 15 is 0 Å². The van der Waals surface area contributed by atoms with E-state index in [-0.39, 0.29) is 19.3 Å². The molecule has 52 heavy (non-hydrogen) atoms. The largest absolute Gasteiger partial charge is 0.479 e. The number of hydrogen-bond donors (Lipinski definition) is 6. The molecule has 0 heterocycles. The van der Waals surface area contributed by atoms with Crippen LogP contribution in [-0.2, 0) is 36.8 Å². The summed E-state index contributed by atoms with van der Waals surface area (Å²) >= 11 is 12.0. The number of nitrogens with one attached hydrogen (secondary N) is 1. The number of carboxylic acid groups (broad SMARTS) is 2. The van der Waals surface area contributed by atoms with Crippen molar-refractivity contribution in [3.63, 3.8) is 0 Å². The molecule has 7 N–H and O–H groups in total. The number of carbonyl (C=O) groups excluding carboxylic acids is 2. The second-order valence-corrected chi connectivity index (χ2v) is 13.3. The molecule has 0 aliphatic carbocycles. The molecule has 0 radical (unpaired) electrons. The zero-order valence-corrected chi connectivity index (χ0v) is 30.1. The summed E-state index contributed by atoms with van der Waals surface area (Å²) in [7, 11) is 0. The van der Waals surface area contributed by atoms with Crippen LogP contribution in [0.3, 0.4) is 0 Å². The average molecular weight is 754 g/mol. The highest BCUT2D eigenvalue weighted by Crippen LogP contribution is 2.25. The smallest absolute Gasteiger partial charge is 0.397 e. The Morgan fingerprint density at radius 2 is 1.12 bits per heavy atom. The SMILES string of the molecule is CC(C)OC(=O)C(=O)N[C@H](Cc1ccc(-c2cccc(Cl)c2)cc1)C[C@@H](O)C(=O)O.N[C@H](Cc1ccc(-c2cccc(Cl)c2)cc1)C[C@@H](O)C(=O)O. The Bertz CT molecular complexity index is 1800. The van der Waals surface area contributed by atoms with Crippen LogP contribution < -0.4 is 11.1 Å². The Kier molecular flexibility index (Phi) is 16.3. The molecular weight excluding hydrogens is 711 g/mol. The van der Waals surface area contributed by atoms with E-state index in [2.05, 4.69) is 5.32 Å². The van der Waals surface area contributed by atoms with Crippen LogP contribution in [0.2, 0.25) is 10.0 Å². The van der Waals surface area contributed by atoms with Crippen molar-refractivity contribution in [1.82, 2.24) is 5.32 Å². The van der Waals surface area contributed by atoms with Gasteiger partial charge in [-0.05, 0) is 90.8 Å². The number of aliphatic hydroxyl groups excluding tert-OH is 2. The summed E-state index contributed by atoms with van der Waals surface area (Å²) in [6.07, 6.45) is -3.05. The first kappa shape index (κ1) is 41.6. The predicted molar refractivity (Wildman–Crippen MR) is 199 cm³/mol. The number of aliphatic hydroxyl groups is 2. The van der Waals surface area contributed by atoms with Gasteiger partial charge in [0, 0.05) is 28.5 Å². The van der Waals surface area contributed by atoms with E-state index in [1.807, 2.05) is 91.0 Å². The third kappa shape index (κ3) is 14.1. The molecule has 0 saturated carbocycles. The van der Waals surface area contributed by atoms with Crippen LogP contribution in [0.25, 0.3) is 22.3 Å². The highest BCUT2D eigenvalue weighted by atomic mass is 35.5. The number of aliphatic carboxylic acids is 2. The lowest BCUT2D eigenvalue weighted by Crippen LogP contribution is -2.44. The molecule has 276 valence electrons. The predicted octanol–water partition coefficient (Wildman–Crippen LogP) is 5.53. The number of rotatable bonds is 14. The summed E-state index contributed by atoms with van der Waals surface area (Å²) in [5.41, 5.74) is 11.6. The van der Waals surface area contributed by atoms with Crippen LogP contribution in [-0.4, -0.2) is 74.6 Å². The lowest BCUT2D eigenvalue weighted by atomic mass is 9.98. The quantitative estimate of drug-likeness (QED) is 0.0704. The van der Waals surface area contributed by atoms with Crippen molar-refractivity contribution in [2.24, 2.45) is 5.73 Å². The third-order valence-corrected chi connectivity index (χ3v) is 8.14. The first-order valence-electron chi connectivity index (χ1n) is 16.4. The maximum Gasteiger partial charge on any atom is 0.397 e. The number of ether oxygens (including phenoxy) is 1. The molecule has 0 saturated heterocycles. The zero-order chi connectivity index (χ0) is 38.4. The first-order valence-corrected chi connectivity index (χ1v) is 17.1. The molecule has 0 bridgehead atoms. The third-order valence-electron chi connectivity index (χ3n) is 7.67. The number of carbonyl (C=O) groups is 4. The van der Waals surface area contributed by atoms with Crippen LogP contribution >= 0.6 is 23.2 Å². The fourth-order valence-corrected chi connectivity index (χ4v) is 5.52. The Hall–Kier alpha value is -4.78. The van der Waals surface area contributed by atoms with Crippen molar-refractivity contribution in [3.05, 3.63) is 118 Å². The Morgan fingerprint density at radius 3 is 1.54 bits per heavy atom. The molecule has 1 amide bonds. The zero-order valence-electron chi connectivity index (χ0n) is 28.6. The van der Waals surface area contributed by atoms with Crippen molar-refractivity contribution < 1.29 is 44.3 Å². The summed E-state index contributed by atoms with van der Waals surface area (Å²) in [6.45, 7) is 3.22. The molecule has 0 spiro atoms. The maximum absolute atomic E-state index is 12.1. The minimum atomic E-state index is -1.68. The number of nitrogens with two attached hydrogens (primary N) is 1. The molecule has 0 aromatic heterocycles. The number of carboxylic acids is 2. The van der Waals surface area contributed by atoms with E-state index in [0.717, 1.165) is 33.4 Å². The second kappa shape index (κ2) is 20.3. The average Bonchev–Trinajstić information content (AvgIpc) is 3.08. The molecule has 11 nitrogen and oxygen atoms in total. The highest BCUT2D eigenvalue weighted by Gasteiger charge is 2.26. The molecular formula is C39H42Cl2N2O9. The van der Waals surface area contributed by atoms with Crippen LogP contribution in [0.5, 0.6) is 0 Å². The molecule has 4 aromatic rings. The lowest BCUT2D eigenvalue weighted by Gasteiger charge is -2.20. The number of benzene rings is 4. The van der Waals surface area contributed by atoms with Gasteiger partial charge in [0.05, 0.1) is 6.10 Å². The number of esters is 1. The summed E-state index contributed by atoms with van der Waals surface area (Å²) in [5, 5.41) is 40.4. The summed E-state index contributed by atoms with van der Waals surface area (Å²) in [5.74, 6) is -4.69. The van der Waals surface area contributed by atoms with Gasteiger partial charge in [-0.1, -0.05) is 96.0 Å². The highest BCUT2D eigenvalue weighted by molar-refractivity contribution is 6.32. The minimum absolute atomic E-state index is 0.0331. The summed E-state index contributed by atoms with van der Waals surface area (Å²) < 4.78 is 4.85. The van der Waals surface area contributed by atoms with Gasteiger partial charge in [-0.25, -0.2) is 14.4 Å². The van der Waals surface area contributed by atoms with Crippen molar-refractivity contribution in [3.8, 4) is 22.3 Å². The van der Waals surface area contributed by atoms with Gasteiger partial charge in [0.25, 0.3) is 0 Å². The normalized spacial score (nSPS) is 13.2. The van der Waals surface area contributed by atoms with Crippen molar-refractivity contribution in [2.45, 2.75) is 69.9 Å². The molecule has 0 aliphatic rings. The Balaban J connectivity index is 0.000000294. The topological polar surface area (TPSA) is 196 Å². The monoisotopic (exact) mass is 752 g/mol. The van der Waals surface area contributed by atoms with Crippen molar-refractivity contribution >= 4 is 47.0 Å². The van der Waals surface area contributed by atoms with Gasteiger partial charge < -0.3 is 36.2 Å². The van der Waals surface area contributed by atoms with E-state index in [1.165, 1.54) is 0 Å². The van der Waals surface area contributed by atoms with E-state index in [4.69, 9.17) is 43.9 Å². The lowest BCUT2D eigenvalue weighted by molar-refractivity contribution is -0.158. The van der Waals surface area contributed by atoms with E-state index in [0.29, 0.717) is 16.5 Å². The molecule has 4 aromatic carbocycles. The summed E-state index contributed by atoms with van der Waals surface area (Å²) in [4.78, 5) is 45.5. The molecule has 0 fully saturated rings. The number of hydrogen-bond acceptors (Lipinski definition) is 8. The number of halogens is 2. The fraction of sp³-hybridized carbons (Fsp3) is 0.282. The second-order valence-electron chi connectivity index (χ2n) is 12.4. The molecule has 0 unspecified atom stereocenters.